The van der Waals surface area contributed by atoms with Crippen molar-refractivity contribution in [1.82, 2.24) is 19.9 Å². The summed E-state index contributed by atoms with van der Waals surface area (Å²) in [5, 5.41) is 0. The van der Waals surface area contributed by atoms with Crippen LogP contribution >= 0.6 is 0 Å². The lowest BCUT2D eigenvalue weighted by molar-refractivity contribution is -0.137. The van der Waals surface area contributed by atoms with Gasteiger partial charge in [-0.15, -0.1) is 0 Å². The zero-order chi connectivity index (χ0) is 30.9. The largest absolute Gasteiger partial charge is 0.417 e. The van der Waals surface area contributed by atoms with Gasteiger partial charge in [-0.25, -0.2) is 0 Å². The number of halogens is 6. The normalized spacial score (nSPS) is 11.9. The van der Waals surface area contributed by atoms with Crippen LogP contribution in [0.2, 0.25) is 0 Å². The fourth-order valence-electron chi connectivity index (χ4n) is 5.19. The van der Waals surface area contributed by atoms with Crippen molar-refractivity contribution in [2.24, 2.45) is 0 Å². The number of benzene rings is 4. The van der Waals surface area contributed by atoms with Gasteiger partial charge in [0.1, 0.15) is 0 Å². The molecule has 0 aliphatic rings. The van der Waals surface area contributed by atoms with Crippen LogP contribution < -0.4 is 0 Å². The van der Waals surface area contributed by atoms with Crippen molar-refractivity contribution in [3.63, 3.8) is 0 Å². The van der Waals surface area contributed by atoms with E-state index in [0.717, 1.165) is 12.1 Å². The van der Waals surface area contributed by atoms with Crippen molar-refractivity contribution in [3.8, 4) is 56.2 Å². The summed E-state index contributed by atoms with van der Waals surface area (Å²) in [5.74, 6) is 0. The predicted molar refractivity (Wildman–Crippen MR) is 155 cm³/mol. The minimum Gasteiger partial charge on any atom is -0.252 e. The van der Waals surface area contributed by atoms with Crippen molar-refractivity contribution in [2.75, 3.05) is 0 Å². The van der Waals surface area contributed by atoms with Gasteiger partial charge in [0, 0.05) is 47.0 Å². The van der Waals surface area contributed by atoms with Crippen LogP contribution in [0.5, 0.6) is 0 Å². The standard InChI is InChI=1S/C34H20F6N4/c35-33(36,37)27-15-7-5-13-25(27)31-29(41-17-19-43-31)23-11-3-1-9-21(23)22-10-2-4-12-24(22)30-32(44-20-18-42-30)26-14-6-8-16-28(26)34(38,39)40/h1-20H. The highest BCUT2D eigenvalue weighted by Crippen LogP contribution is 2.44. The second kappa shape index (κ2) is 11.4. The molecule has 10 heteroatoms. The molecule has 218 valence electrons. The lowest BCUT2D eigenvalue weighted by Crippen LogP contribution is -2.08. The van der Waals surface area contributed by atoms with Gasteiger partial charge in [0.15, 0.2) is 0 Å². The first-order chi connectivity index (χ1) is 21.1. The van der Waals surface area contributed by atoms with Crippen molar-refractivity contribution < 1.29 is 26.3 Å². The van der Waals surface area contributed by atoms with Crippen LogP contribution in [0.15, 0.2) is 122 Å². The van der Waals surface area contributed by atoms with Gasteiger partial charge >= 0.3 is 12.4 Å². The summed E-state index contributed by atoms with van der Waals surface area (Å²) in [6.45, 7) is 0. The monoisotopic (exact) mass is 598 g/mol. The summed E-state index contributed by atoms with van der Waals surface area (Å²) in [7, 11) is 0. The molecule has 4 nitrogen and oxygen atoms in total. The van der Waals surface area contributed by atoms with Gasteiger partial charge in [0.25, 0.3) is 0 Å². The molecule has 0 fully saturated rings. The second-order valence-corrected chi connectivity index (χ2v) is 9.68. The zero-order valence-corrected chi connectivity index (χ0v) is 22.6. The number of alkyl halides is 6. The topological polar surface area (TPSA) is 51.6 Å². The molecule has 0 spiro atoms. The molecule has 44 heavy (non-hydrogen) atoms. The Morgan fingerprint density at radius 3 is 0.886 bits per heavy atom. The molecule has 0 unspecified atom stereocenters. The maximum absolute atomic E-state index is 14.0. The average molecular weight is 599 g/mol. The van der Waals surface area contributed by atoms with Gasteiger partial charge < -0.3 is 0 Å². The highest BCUT2D eigenvalue weighted by molar-refractivity contribution is 5.95. The second-order valence-electron chi connectivity index (χ2n) is 9.68. The Hall–Kier alpha value is -5.38. The van der Waals surface area contributed by atoms with Gasteiger partial charge in [0.05, 0.1) is 33.9 Å². The Kier molecular flexibility index (Phi) is 7.42. The van der Waals surface area contributed by atoms with Crippen molar-refractivity contribution in [1.29, 1.82) is 0 Å². The number of aromatic nitrogens is 4. The molecule has 0 aliphatic carbocycles. The lowest BCUT2D eigenvalue weighted by atomic mass is 9.89. The molecule has 0 atom stereocenters. The first-order valence-electron chi connectivity index (χ1n) is 13.3. The van der Waals surface area contributed by atoms with E-state index in [9.17, 15) is 26.3 Å². The van der Waals surface area contributed by atoms with Crippen LogP contribution in [0.25, 0.3) is 56.2 Å². The van der Waals surface area contributed by atoms with E-state index in [-0.39, 0.29) is 33.9 Å². The first kappa shape index (κ1) is 28.7. The molecule has 0 N–H and O–H groups in total. The first-order valence-corrected chi connectivity index (χ1v) is 13.3. The predicted octanol–water partition coefficient (Wildman–Crippen LogP) is 9.64. The third kappa shape index (κ3) is 5.42. The summed E-state index contributed by atoms with van der Waals surface area (Å²) < 4.78 is 84.0. The number of rotatable bonds is 5. The van der Waals surface area contributed by atoms with Crippen molar-refractivity contribution in [2.45, 2.75) is 12.4 Å². The molecule has 0 saturated heterocycles. The third-order valence-corrected chi connectivity index (χ3v) is 7.03. The number of hydrogen-bond donors (Lipinski definition) is 0. The molecule has 6 aromatic rings. The Labute approximate surface area is 247 Å². The van der Waals surface area contributed by atoms with Gasteiger partial charge in [0.2, 0.25) is 0 Å². The zero-order valence-electron chi connectivity index (χ0n) is 22.6. The van der Waals surface area contributed by atoms with Gasteiger partial charge in [-0.05, 0) is 23.3 Å². The van der Waals surface area contributed by atoms with Crippen molar-refractivity contribution in [3.05, 3.63) is 133 Å². The van der Waals surface area contributed by atoms with Crippen LogP contribution in [0.1, 0.15) is 11.1 Å². The molecule has 0 radical (unpaired) electrons. The fraction of sp³-hybridized carbons (Fsp3) is 0.0588. The minimum absolute atomic E-state index is 0.0321. The highest BCUT2D eigenvalue weighted by atomic mass is 19.4. The van der Waals surface area contributed by atoms with Crippen LogP contribution in [0.3, 0.4) is 0 Å². The van der Waals surface area contributed by atoms with E-state index >= 15 is 0 Å². The Morgan fingerprint density at radius 2 is 0.568 bits per heavy atom. The van der Waals surface area contributed by atoms with E-state index in [4.69, 9.17) is 0 Å². The van der Waals surface area contributed by atoms with E-state index in [1.165, 1.54) is 61.2 Å². The van der Waals surface area contributed by atoms with E-state index in [0.29, 0.717) is 22.3 Å². The summed E-state index contributed by atoms with van der Waals surface area (Å²) >= 11 is 0. The number of hydrogen-bond acceptors (Lipinski definition) is 4. The van der Waals surface area contributed by atoms with Gasteiger partial charge in [-0.2, -0.15) is 26.3 Å². The Bertz CT molecular complexity index is 1820. The molecule has 2 heterocycles. The quantitative estimate of drug-likeness (QED) is 0.186. The summed E-state index contributed by atoms with van der Waals surface area (Å²) in [6, 6.07) is 24.2. The molecule has 0 bridgehead atoms. The molecule has 0 saturated carbocycles. The van der Waals surface area contributed by atoms with Crippen LogP contribution in [-0.4, -0.2) is 19.9 Å². The Balaban J connectivity index is 1.57. The maximum atomic E-state index is 14.0. The van der Waals surface area contributed by atoms with Gasteiger partial charge in [-0.1, -0.05) is 84.9 Å². The third-order valence-electron chi connectivity index (χ3n) is 7.03. The number of nitrogens with zero attached hydrogens (tertiary/aromatic N) is 4. The molecule has 4 aromatic carbocycles. The van der Waals surface area contributed by atoms with E-state index in [2.05, 4.69) is 19.9 Å². The SMILES string of the molecule is FC(F)(F)c1ccccc1-c1nccnc1-c1ccccc1-c1ccccc1-c1nccnc1-c1ccccc1C(F)(F)F. The molecule has 0 aliphatic heterocycles. The maximum Gasteiger partial charge on any atom is 0.417 e. The van der Waals surface area contributed by atoms with Crippen LogP contribution in [0, 0.1) is 0 Å². The molecular weight excluding hydrogens is 578 g/mol. The smallest absolute Gasteiger partial charge is 0.252 e. The van der Waals surface area contributed by atoms with Gasteiger partial charge in [-0.3, -0.25) is 19.9 Å². The van der Waals surface area contributed by atoms with E-state index in [1.807, 2.05) is 0 Å². The lowest BCUT2D eigenvalue weighted by Gasteiger charge is -2.18. The Morgan fingerprint density at radius 1 is 0.318 bits per heavy atom. The van der Waals surface area contributed by atoms with E-state index < -0.39 is 23.5 Å². The summed E-state index contributed by atoms with van der Waals surface area (Å²) in [5.41, 5.74) is 0.575. The average Bonchev–Trinajstić information content (AvgIpc) is 3.04. The van der Waals surface area contributed by atoms with Crippen LogP contribution in [-0.2, 0) is 12.4 Å². The van der Waals surface area contributed by atoms with E-state index in [1.54, 1.807) is 48.5 Å². The van der Waals surface area contributed by atoms with Crippen molar-refractivity contribution >= 4 is 0 Å². The van der Waals surface area contributed by atoms with Crippen LogP contribution in [0.4, 0.5) is 26.3 Å². The highest BCUT2D eigenvalue weighted by Gasteiger charge is 2.36. The summed E-state index contributed by atoms with van der Waals surface area (Å²) in [4.78, 5) is 17.5. The fourth-order valence-corrected chi connectivity index (χ4v) is 5.19. The molecular formula is C34H20F6N4. The molecule has 2 aromatic heterocycles. The summed E-state index contributed by atoms with van der Waals surface area (Å²) in [6.07, 6.45) is -3.82. The molecule has 0 amide bonds. The minimum atomic E-state index is -4.63. The molecule has 6 rings (SSSR count).